The molecule has 0 spiro atoms. The summed E-state index contributed by atoms with van der Waals surface area (Å²) >= 11 is 0. The van der Waals surface area contributed by atoms with Crippen LogP contribution in [0.15, 0.2) is 30.6 Å². The molecule has 0 fully saturated rings. The number of methoxy groups -OCH3 is 1. The van der Waals surface area contributed by atoms with E-state index in [0.29, 0.717) is 17.6 Å². The summed E-state index contributed by atoms with van der Waals surface area (Å²) in [5.74, 6) is -0.640. The van der Waals surface area contributed by atoms with E-state index in [1.165, 1.54) is 19.5 Å². The lowest BCUT2D eigenvalue weighted by atomic mass is 10.1. The van der Waals surface area contributed by atoms with Crippen LogP contribution in [-0.4, -0.2) is 17.1 Å². The fourth-order valence-electron chi connectivity index (χ4n) is 1.71. The molecule has 1 heterocycles. The van der Waals surface area contributed by atoms with Gasteiger partial charge in [0, 0.05) is 12.5 Å². The van der Waals surface area contributed by atoms with Crippen molar-refractivity contribution >= 4 is 0 Å². The van der Waals surface area contributed by atoms with Gasteiger partial charge in [0.15, 0.2) is 0 Å². The molecule has 2 aromatic rings. The fourth-order valence-corrected chi connectivity index (χ4v) is 1.71. The molecular weight excluding hydrogens is 276 g/mol. The maximum absolute atomic E-state index is 13.2. The van der Waals surface area contributed by atoms with Gasteiger partial charge in [0.25, 0.3) is 0 Å². The summed E-state index contributed by atoms with van der Waals surface area (Å²) in [7, 11) is 1.41. The van der Waals surface area contributed by atoms with Crippen LogP contribution in [0.5, 0.6) is 5.88 Å². The molecule has 2 rings (SSSR count). The quantitative estimate of drug-likeness (QED) is 0.812. The Balaban J connectivity index is 2.31. The first-order valence-electron chi connectivity index (χ1n) is 5.60. The van der Waals surface area contributed by atoms with Gasteiger partial charge in [-0.25, -0.2) is 14.4 Å². The van der Waals surface area contributed by atoms with E-state index >= 15 is 0 Å². The third-order valence-corrected chi connectivity index (χ3v) is 2.58. The summed E-state index contributed by atoms with van der Waals surface area (Å²) in [5.41, 5.74) is -0.401. The number of benzene rings is 1. The number of nitrogens with zero attached hydrogens (tertiary/aromatic N) is 2. The second kappa shape index (κ2) is 5.44. The van der Waals surface area contributed by atoms with Crippen molar-refractivity contribution in [2.45, 2.75) is 12.6 Å². The molecule has 0 bridgehead atoms. The Morgan fingerprint density at radius 2 is 1.85 bits per heavy atom. The lowest BCUT2D eigenvalue weighted by Gasteiger charge is -2.09. The molecule has 0 aliphatic heterocycles. The van der Waals surface area contributed by atoms with Gasteiger partial charge in [-0.1, -0.05) is 0 Å². The molecule has 0 atom stereocenters. The van der Waals surface area contributed by atoms with Crippen LogP contribution in [-0.2, 0) is 12.6 Å². The van der Waals surface area contributed by atoms with Crippen molar-refractivity contribution in [3.05, 3.63) is 53.2 Å². The Morgan fingerprint density at radius 3 is 2.50 bits per heavy atom. The molecule has 1 aromatic carbocycles. The topological polar surface area (TPSA) is 35.0 Å². The normalized spacial score (nSPS) is 11.4. The van der Waals surface area contributed by atoms with Crippen molar-refractivity contribution in [2.75, 3.05) is 7.11 Å². The molecule has 106 valence electrons. The Hall–Kier alpha value is -2.18. The highest BCUT2D eigenvalue weighted by Gasteiger charge is 2.31. The molecule has 0 aliphatic carbocycles. The Kier molecular flexibility index (Phi) is 3.87. The third-order valence-electron chi connectivity index (χ3n) is 2.58. The Morgan fingerprint density at radius 1 is 1.10 bits per heavy atom. The molecule has 0 N–H and O–H groups in total. The smallest absolute Gasteiger partial charge is 0.416 e. The molecular formula is C13H10F4N2O. The first-order chi connectivity index (χ1) is 9.38. The Labute approximate surface area is 112 Å². The maximum atomic E-state index is 13.2. The predicted octanol–water partition coefficient (Wildman–Crippen LogP) is 3.23. The predicted molar refractivity (Wildman–Crippen MR) is 62.8 cm³/mol. The van der Waals surface area contributed by atoms with Crippen molar-refractivity contribution in [3.8, 4) is 5.88 Å². The molecule has 0 saturated heterocycles. The van der Waals surface area contributed by atoms with Gasteiger partial charge in [0.05, 0.1) is 18.4 Å². The number of ether oxygens (including phenoxy) is 1. The van der Waals surface area contributed by atoms with Crippen LogP contribution in [0.1, 0.15) is 16.8 Å². The van der Waals surface area contributed by atoms with Crippen LogP contribution in [0, 0.1) is 5.82 Å². The van der Waals surface area contributed by atoms with Crippen molar-refractivity contribution in [1.29, 1.82) is 0 Å². The highest BCUT2D eigenvalue weighted by atomic mass is 19.4. The zero-order valence-corrected chi connectivity index (χ0v) is 10.4. The monoisotopic (exact) mass is 286 g/mol. The number of halogens is 4. The van der Waals surface area contributed by atoms with Crippen LogP contribution < -0.4 is 4.74 Å². The van der Waals surface area contributed by atoms with Crippen molar-refractivity contribution in [2.24, 2.45) is 0 Å². The third kappa shape index (κ3) is 3.43. The van der Waals surface area contributed by atoms with E-state index in [0.717, 1.165) is 12.1 Å². The first-order valence-corrected chi connectivity index (χ1v) is 5.60. The van der Waals surface area contributed by atoms with E-state index in [1.807, 2.05) is 0 Å². The number of hydrogen-bond donors (Lipinski definition) is 0. The summed E-state index contributed by atoms with van der Waals surface area (Å²) in [6, 6.07) is 3.89. The lowest BCUT2D eigenvalue weighted by molar-refractivity contribution is -0.137. The van der Waals surface area contributed by atoms with Crippen LogP contribution in [0.25, 0.3) is 0 Å². The van der Waals surface area contributed by atoms with Crippen molar-refractivity contribution in [3.63, 3.8) is 0 Å². The molecule has 0 radical (unpaired) electrons. The summed E-state index contributed by atoms with van der Waals surface area (Å²) in [6.07, 6.45) is -3.29. The molecule has 0 aliphatic rings. The van der Waals surface area contributed by atoms with E-state index in [4.69, 9.17) is 4.74 Å². The summed E-state index contributed by atoms with van der Waals surface area (Å²) in [6.45, 7) is 0. The standard InChI is InChI=1S/C13H10F4N2O/c1-20-12-6-11(18-7-19-12)4-8-2-9(13(15,16)17)5-10(14)3-8/h2-3,5-7H,4H2,1H3. The van der Waals surface area contributed by atoms with Gasteiger partial charge in [-0.2, -0.15) is 13.2 Å². The van der Waals surface area contributed by atoms with Gasteiger partial charge in [0.1, 0.15) is 12.1 Å². The van der Waals surface area contributed by atoms with Crippen LogP contribution in [0.3, 0.4) is 0 Å². The SMILES string of the molecule is COc1cc(Cc2cc(F)cc(C(F)(F)F)c2)ncn1. The van der Waals surface area contributed by atoms with E-state index in [-0.39, 0.29) is 12.0 Å². The zero-order chi connectivity index (χ0) is 14.8. The fraction of sp³-hybridized carbons (Fsp3) is 0.231. The van der Waals surface area contributed by atoms with E-state index in [9.17, 15) is 17.6 Å². The minimum atomic E-state index is -4.58. The maximum Gasteiger partial charge on any atom is 0.416 e. The van der Waals surface area contributed by atoms with Crippen molar-refractivity contribution in [1.82, 2.24) is 9.97 Å². The minimum Gasteiger partial charge on any atom is -0.481 e. The average Bonchev–Trinajstić information content (AvgIpc) is 2.37. The van der Waals surface area contributed by atoms with Gasteiger partial charge < -0.3 is 4.74 Å². The number of aromatic nitrogens is 2. The van der Waals surface area contributed by atoms with E-state index < -0.39 is 17.6 Å². The highest BCUT2D eigenvalue weighted by Crippen LogP contribution is 2.30. The van der Waals surface area contributed by atoms with Gasteiger partial charge in [-0.05, 0) is 23.8 Å². The average molecular weight is 286 g/mol. The molecule has 1 aromatic heterocycles. The molecule has 3 nitrogen and oxygen atoms in total. The molecule has 7 heteroatoms. The van der Waals surface area contributed by atoms with Crippen LogP contribution >= 0.6 is 0 Å². The van der Waals surface area contributed by atoms with Gasteiger partial charge in [0.2, 0.25) is 5.88 Å². The van der Waals surface area contributed by atoms with E-state index in [1.54, 1.807) is 0 Å². The second-order valence-corrected chi connectivity index (χ2v) is 4.07. The highest BCUT2D eigenvalue weighted by molar-refractivity contribution is 5.30. The number of rotatable bonds is 3. The first kappa shape index (κ1) is 14.2. The molecule has 20 heavy (non-hydrogen) atoms. The van der Waals surface area contributed by atoms with Gasteiger partial charge in [-0.3, -0.25) is 0 Å². The number of hydrogen-bond acceptors (Lipinski definition) is 3. The number of alkyl halides is 3. The van der Waals surface area contributed by atoms with Gasteiger partial charge >= 0.3 is 6.18 Å². The molecule has 0 saturated carbocycles. The zero-order valence-electron chi connectivity index (χ0n) is 10.4. The minimum absolute atomic E-state index is 0.0553. The van der Waals surface area contributed by atoms with Crippen LogP contribution in [0.4, 0.5) is 17.6 Å². The largest absolute Gasteiger partial charge is 0.481 e. The van der Waals surface area contributed by atoms with Crippen molar-refractivity contribution < 1.29 is 22.3 Å². The lowest BCUT2D eigenvalue weighted by Crippen LogP contribution is -2.07. The summed E-state index contributed by atoms with van der Waals surface area (Å²) in [5, 5.41) is 0. The summed E-state index contributed by atoms with van der Waals surface area (Å²) in [4.78, 5) is 7.70. The summed E-state index contributed by atoms with van der Waals surface area (Å²) < 4.78 is 55.9. The Bertz CT molecular complexity index is 614. The van der Waals surface area contributed by atoms with E-state index in [2.05, 4.69) is 9.97 Å². The van der Waals surface area contributed by atoms with Crippen LogP contribution in [0.2, 0.25) is 0 Å². The van der Waals surface area contributed by atoms with Gasteiger partial charge in [-0.15, -0.1) is 0 Å². The molecule has 0 unspecified atom stereocenters. The molecule has 0 amide bonds. The second-order valence-electron chi connectivity index (χ2n) is 4.07.